The first-order valence-electron chi connectivity index (χ1n) is 6.29. The molecule has 0 spiro atoms. The van der Waals surface area contributed by atoms with E-state index in [9.17, 15) is 0 Å². The van der Waals surface area contributed by atoms with Crippen LogP contribution >= 0.6 is 11.8 Å². The van der Waals surface area contributed by atoms with Crippen LogP contribution in [0.15, 0.2) is 24.3 Å². The highest BCUT2D eigenvalue weighted by Gasteiger charge is 1.82. The smallest absolute Gasteiger partial charge is 0.0116 e. The Morgan fingerprint density at radius 2 is 1.20 bits per heavy atom. The van der Waals surface area contributed by atoms with E-state index in [1.54, 1.807) is 0 Å². The minimum Gasteiger partial charge on any atom is -0.154 e. The lowest BCUT2D eigenvalue weighted by Gasteiger charge is -1.92. The Morgan fingerprint density at radius 3 is 1.60 bits per heavy atom. The molecule has 0 aromatic heterocycles. The SMILES string of the molecule is CCCCC=CCSCC=CCCCC. The van der Waals surface area contributed by atoms with Crippen molar-refractivity contribution in [2.24, 2.45) is 0 Å². The van der Waals surface area contributed by atoms with Crippen molar-refractivity contribution in [2.75, 3.05) is 11.5 Å². The number of unbranched alkanes of at least 4 members (excludes halogenated alkanes) is 4. The van der Waals surface area contributed by atoms with Crippen molar-refractivity contribution in [1.29, 1.82) is 0 Å². The fourth-order valence-corrected chi connectivity index (χ4v) is 1.90. The number of rotatable bonds is 10. The van der Waals surface area contributed by atoms with E-state index in [0.717, 1.165) is 0 Å². The second-order valence-electron chi connectivity index (χ2n) is 3.76. The summed E-state index contributed by atoms with van der Waals surface area (Å²) in [6, 6.07) is 0. The topological polar surface area (TPSA) is 0 Å². The predicted octanol–water partition coefficient (Wildman–Crippen LogP) is 5.21. The Bertz CT molecular complexity index is 141. The third-order valence-corrected chi connectivity index (χ3v) is 3.07. The minimum atomic E-state index is 1.17. The molecule has 0 saturated carbocycles. The van der Waals surface area contributed by atoms with Gasteiger partial charge < -0.3 is 0 Å². The van der Waals surface area contributed by atoms with Crippen molar-refractivity contribution in [2.45, 2.75) is 52.4 Å². The Kier molecular flexibility index (Phi) is 13.7. The third kappa shape index (κ3) is 13.8. The van der Waals surface area contributed by atoms with E-state index in [1.165, 1.54) is 50.0 Å². The van der Waals surface area contributed by atoms with Crippen molar-refractivity contribution in [3.63, 3.8) is 0 Å². The Balaban J connectivity index is 3.10. The normalized spacial score (nSPS) is 11.9. The molecule has 0 fully saturated rings. The van der Waals surface area contributed by atoms with Crippen molar-refractivity contribution in [3.05, 3.63) is 24.3 Å². The molecule has 0 atom stereocenters. The molecule has 0 heterocycles. The first-order valence-corrected chi connectivity index (χ1v) is 7.45. The average molecular weight is 226 g/mol. The van der Waals surface area contributed by atoms with Crippen LogP contribution in [0.4, 0.5) is 0 Å². The molecule has 15 heavy (non-hydrogen) atoms. The Hall–Kier alpha value is -0.170. The van der Waals surface area contributed by atoms with Gasteiger partial charge in [0.15, 0.2) is 0 Å². The molecule has 0 aromatic carbocycles. The minimum absolute atomic E-state index is 1.17. The van der Waals surface area contributed by atoms with Gasteiger partial charge >= 0.3 is 0 Å². The van der Waals surface area contributed by atoms with E-state index in [2.05, 4.69) is 38.2 Å². The number of allylic oxidation sites excluding steroid dienone is 2. The van der Waals surface area contributed by atoms with Crippen molar-refractivity contribution in [3.8, 4) is 0 Å². The van der Waals surface area contributed by atoms with Crippen LogP contribution < -0.4 is 0 Å². The summed E-state index contributed by atoms with van der Waals surface area (Å²) in [4.78, 5) is 0. The summed E-state index contributed by atoms with van der Waals surface area (Å²) in [7, 11) is 0. The molecule has 0 nitrogen and oxygen atoms in total. The molecule has 0 unspecified atom stereocenters. The summed E-state index contributed by atoms with van der Waals surface area (Å²) in [5.41, 5.74) is 0. The molecule has 1 heteroatoms. The summed E-state index contributed by atoms with van der Waals surface area (Å²) in [6.07, 6.45) is 17.0. The van der Waals surface area contributed by atoms with E-state index >= 15 is 0 Å². The van der Waals surface area contributed by atoms with Gasteiger partial charge in [0, 0.05) is 11.5 Å². The molecule has 0 aliphatic heterocycles. The predicted molar refractivity (Wildman–Crippen MR) is 74.7 cm³/mol. The molecule has 0 saturated heterocycles. The van der Waals surface area contributed by atoms with Gasteiger partial charge in [0.05, 0.1) is 0 Å². The maximum atomic E-state index is 2.32. The zero-order valence-corrected chi connectivity index (χ0v) is 11.2. The highest BCUT2D eigenvalue weighted by molar-refractivity contribution is 7.99. The molecule has 0 rings (SSSR count). The van der Waals surface area contributed by atoms with Crippen LogP contribution in [-0.2, 0) is 0 Å². The standard InChI is InChI=1S/C14H26S/c1-3-5-7-9-11-13-15-14-12-10-8-6-4-2/h9-12H,3-8,13-14H2,1-2H3. The summed E-state index contributed by atoms with van der Waals surface area (Å²) in [5.74, 6) is 2.34. The van der Waals surface area contributed by atoms with Crippen LogP contribution in [0.25, 0.3) is 0 Å². The van der Waals surface area contributed by atoms with Gasteiger partial charge in [-0.25, -0.2) is 0 Å². The molecular weight excluding hydrogens is 200 g/mol. The summed E-state index contributed by atoms with van der Waals surface area (Å²) in [6.45, 7) is 4.48. The number of thioether (sulfide) groups is 1. The lowest BCUT2D eigenvalue weighted by atomic mass is 10.2. The first-order chi connectivity index (χ1) is 7.41. The Morgan fingerprint density at radius 1 is 0.733 bits per heavy atom. The molecule has 0 bridgehead atoms. The molecule has 0 radical (unpaired) electrons. The summed E-state index contributed by atoms with van der Waals surface area (Å²) >= 11 is 2.00. The van der Waals surface area contributed by atoms with Crippen molar-refractivity contribution >= 4 is 11.8 Å². The third-order valence-electron chi connectivity index (χ3n) is 2.21. The monoisotopic (exact) mass is 226 g/mol. The van der Waals surface area contributed by atoms with Gasteiger partial charge in [0.1, 0.15) is 0 Å². The highest BCUT2D eigenvalue weighted by Crippen LogP contribution is 2.03. The van der Waals surface area contributed by atoms with Crippen LogP contribution in [0.2, 0.25) is 0 Å². The second-order valence-corrected chi connectivity index (χ2v) is 4.84. The molecule has 0 amide bonds. The molecule has 0 aromatic rings. The fourth-order valence-electron chi connectivity index (χ4n) is 1.22. The second kappa shape index (κ2) is 13.8. The lowest BCUT2D eigenvalue weighted by Crippen LogP contribution is -1.75. The molecular formula is C14H26S. The quantitative estimate of drug-likeness (QED) is 0.364. The van der Waals surface area contributed by atoms with Gasteiger partial charge in [-0.2, -0.15) is 11.8 Å². The van der Waals surface area contributed by atoms with Gasteiger partial charge in [0.2, 0.25) is 0 Å². The zero-order chi connectivity index (χ0) is 11.2. The van der Waals surface area contributed by atoms with E-state index in [0.29, 0.717) is 0 Å². The Labute approximate surface area is 100 Å². The van der Waals surface area contributed by atoms with E-state index in [1.807, 2.05) is 11.8 Å². The van der Waals surface area contributed by atoms with Crippen molar-refractivity contribution in [1.82, 2.24) is 0 Å². The zero-order valence-electron chi connectivity index (χ0n) is 10.4. The molecule has 88 valence electrons. The van der Waals surface area contributed by atoms with Crippen LogP contribution in [0.3, 0.4) is 0 Å². The van der Waals surface area contributed by atoms with Crippen LogP contribution in [-0.4, -0.2) is 11.5 Å². The number of hydrogen-bond acceptors (Lipinski definition) is 1. The van der Waals surface area contributed by atoms with Crippen LogP contribution in [0.1, 0.15) is 52.4 Å². The summed E-state index contributed by atoms with van der Waals surface area (Å²) in [5, 5.41) is 0. The fraction of sp³-hybridized carbons (Fsp3) is 0.714. The largest absolute Gasteiger partial charge is 0.154 e. The maximum absolute atomic E-state index is 2.32. The van der Waals surface area contributed by atoms with Gasteiger partial charge in [-0.1, -0.05) is 63.8 Å². The molecule has 0 aliphatic rings. The highest BCUT2D eigenvalue weighted by atomic mass is 32.2. The van der Waals surface area contributed by atoms with E-state index < -0.39 is 0 Å². The number of hydrogen-bond donors (Lipinski definition) is 0. The van der Waals surface area contributed by atoms with Crippen molar-refractivity contribution < 1.29 is 0 Å². The average Bonchev–Trinajstić information content (AvgIpc) is 2.26. The summed E-state index contributed by atoms with van der Waals surface area (Å²) < 4.78 is 0. The first kappa shape index (κ1) is 14.8. The van der Waals surface area contributed by atoms with Gasteiger partial charge in [-0.3, -0.25) is 0 Å². The van der Waals surface area contributed by atoms with Gasteiger partial charge in [-0.15, -0.1) is 0 Å². The van der Waals surface area contributed by atoms with Gasteiger partial charge in [0.25, 0.3) is 0 Å². The van der Waals surface area contributed by atoms with Gasteiger partial charge in [-0.05, 0) is 12.8 Å². The maximum Gasteiger partial charge on any atom is 0.0116 e. The van der Waals surface area contributed by atoms with Crippen LogP contribution in [0.5, 0.6) is 0 Å². The molecule has 0 aliphatic carbocycles. The van der Waals surface area contributed by atoms with Crippen LogP contribution in [0, 0.1) is 0 Å². The lowest BCUT2D eigenvalue weighted by molar-refractivity contribution is 0.814. The molecule has 0 N–H and O–H groups in total. The van der Waals surface area contributed by atoms with E-state index in [4.69, 9.17) is 0 Å². The van der Waals surface area contributed by atoms with E-state index in [-0.39, 0.29) is 0 Å².